The third-order valence-corrected chi connectivity index (χ3v) is 4.19. The molecule has 3 heteroatoms. The number of amides is 1. The Labute approximate surface area is 114 Å². The molecule has 1 saturated carbocycles. The Kier molecular flexibility index (Phi) is 3.83. The van der Waals surface area contributed by atoms with Crippen molar-refractivity contribution < 1.29 is 4.79 Å². The summed E-state index contributed by atoms with van der Waals surface area (Å²) in [6.45, 7) is 3.04. The number of benzene rings is 1. The van der Waals surface area contributed by atoms with Crippen molar-refractivity contribution in [3.8, 4) is 0 Å². The molecule has 1 heterocycles. The first-order valence-electron chi connectivity index (χ1n) is 7.42. The van der Waals surface area contributed by atoms with Crippen LogP contribution in [-0.4, -0.2) is 25.5 Å². The maximum Gasteiger partial charge on any atom is 0.251 e. The molecule has 2 fully saturated rings. The van der Waals surface area contributed by atoms with E-state index in [4.69, 9.17) is 0 Å². The average molecular weight is 258 g/mol. The topological polar surface area (TPSA) is 41.1 Å². The lowest BCUT2D eigenvalue weighted by molar-refractivity contribution is 0.0952. The molecule has 19 heavy (non-hydrogen) atoms. The second-order valence-corrected chi connectivity index (χ2v) is 5.82. The predicted molar refractivity (Wildman–Crippen MR) is 76.3 cm³/mol. The number of carbonyl (C=O) groups is 1. The van der Waals surface area contributed by atoms with Crippen LogP contribution >= 0.6 is 0 Å². The van der Waals surface area contributed by atoms with Crippen molar-refractivity contribution in [3.63, 3.8) is 0 Å². The van der Waals surface area contributed by atoms with Crippen molar-refractivity contribution in [2.75, 3.05) is 19.6 Å². The number of carbonyl (C=O) groups excluding carboxylic acids is 1. The van der Waals surface area contributed by atoms with E-state index < -0.39 is 0 Å². The molecule has 2 aliphatic rings. The average Bonchev–Trinajstić information content (AvgIpc) is 3.30. The Morgan fingerprint density at radius 2 is 2.00 bits per heavy atom. The summed E-state index contributed by atoms with van der Waals surface area (Å²) < 4.78 is 0. The summed E-state index contributed by atoms with van der Waals surface area (Å²) in [5, 5.41) is 6.44. The fourth-order valence-corrected chi connectivity index (χ4v) is 2.70. The minimum Gasteiger partial charge on any atom is -0.352 e. The Morgan fingerprint density at radius 3 is 2.63 bits per heavy atom. The van der Waals surface area contributed by atoms with Crippen molar-refractivity contribution in [1.82, 2.24) is 10.6 Å². The van der Waals surface area contributed by atoms with E-state index in [2.05, 4.69) is 22.8 Å². The fraction of sp³-hybridized carbons (Fsp3) is 0.562. The van der Waals surface area contributed by atoms with Crippen LogP contribution in [0.3, 0.4) is 0 Å². The molecular weight excluding hydrogens is 236 g/mol. The Bertz CT molecular complexity index is 431. The summed E-state index contributed by atoms with van der Waals surface area (Å²) in [6, 6.07) is 8.16. The van der Waals surface area contributed by atoms with E-state index in [1.165, 1.54) is 31.2 Å². The van der Waals surface area contributed by atoms with Gasteiger partial charge < -0.3 is 10.6 Å². The quantitative estimate of drug-likeness (QED) is 0.870. The van der Waals surface area contributed by atoms with E-state index >= 15 is 0 Å². The summed E-state index contributed by atoms with van der Waals surface area (Å²) in [5.74, 6) is 1.41. The summed E-state index contributed by atoms with van der Waals surface area (Å²) >= 11 is 0. The zero-order valence-corrected chi connectivity index (χ0v) is 11.3. The van der Waals surface area contributed by atoms with Crippen LogP contribution in [0.15, 0.2) is 24.3 Å². The van der Waals surface area contributed by atoms with Gasteiger partial charge in [-0.15, -0.1) is 0 Å². The van der Waals surface area contributed by atoms with Crippen molar-refractivity contribution in [2.45, 2.75) is 31.6 Å². The van der Waals surface area contributed by atoms with Gasteiger partial charge in [0.15, 0.2) is 0 Å². The summed E-state index contributed by atoms with van der Waals surface area (Å²) in [4.78, 5) is 11.9. The third-order valence-electron chi connectivity index (χ3n) is 4.19. The van der Waals surface area contributed by atoms with E-state index in [0.717, 1.165) is 31.1 Å². The SMILES string of the molecule is O=C(NCC1CC1)c1ccc(C2CCCNC2)cc1. The highest BCUT2D eigenvalue weighted by molar-refractivity contribution is 5.94. The molecule has 2 N–H and O–H groups in total. The summed E-state index contributed by atoms with van der Waals surface area (Å²) in [5.41, 5.74) is 2.14. The molecule has 1 aromatic carbocycles. The number of hydrogen-bond donors (Lipinski definition) is 2. The van der Waals surface area contributed by atoms with E-state index in [-0.39, 0.29) is 5.91 Å². The van der Waals surface area contributed by atoms with E-state index in [9.17, 15) is 4.79 Å². The van der Waals surface area contributed by atoms with Crippen LogP contribution in [0, 0.1) is 5.92 Å². The van der Waals surface area contributed by atoms with Crippen LogP contribution in [0.5, 0.6) is 0 Å². The molecule has 3 nitrogen and oxygen atoms in total. The maximum atomic E-state index is 11.9. The van der Waals surface area contributed by atoms with Crippen LogP contribution in [-0.2, 0) is 0 Å². The van der Waals surface area contributed by atoms with Crippen LogP contribution < -0.4 is 10.6 Å². The lowest BCUT2D eigenvalue weighted by atomic mass is 9.91. The van der Waals surface area contributed by atoms with E-state index in [1.54, 1.807) is 0 Å². The van der Waals surface area contributed by atoms with Crippen LogP contribution in [0.1, 0.15) is 47.5 Å². The molecule has 1 aromatic rings. The zero-order valence-electron chi connectivity index (χ0n) is 11.3. The van der Waals surface area contributed by atoms with Gasteiger partial charge in [-0.2, -0.15) is 0 Å². The Morgan fingerprint density at radius 1 is 1.21 bits per heavy atom. The minimum absolute atomic E-state index is 0.0696. The van der Waals surface area contributed by atoms with Crippen LogP contribution in [0.2, 0.25) is 0 Å². The highest BCUT2D eigenvalue weighted by atomic mass is 16.1. The van der Waals surface area contributed by atoms with Gasteiger partial charge in [-0.1, -0.05) is 12.1 Å². The molecule has 0 aromatic heterocycles. The molecular formula is C16H22N2O. The highest BCUT2D eigenvalue weighted by Crippen LogP contribution is 2.27. The number of hydrogen-bond acceptors (Lipinski definition) is 2. The number of piperidine rings is 1. The minimum atomic E-state index is 0.0696. The fourth-order valence-electron chi connectivity index (χ4n) is 2.70. The monoisotopic (exact) mass is 258 g/mol. The Balaban J connectivity index is 1.58. The molecule has 1 atom stereocenters. The largest absolute Gasteiger partial charge is 0.352 e. The van der Waals surface area contributed by atoms with Gasteiger partial charge in [0, 0.05) is 18.7 Å². The van der Waals surface area contributed by atoms with Gasteiger partial charge in [-0.3, -0.25) is 4.79 Å². The van der Waals surface area contributed by atoms with Crippen LogP contribution in [0.4, 0.5) is 0 Å². The van der Waals surface area contributed by atoms with Gasteiger partial charge in [0.1, 0.15) is 0 Å². The Hall–Kier alpha value is -1.35. The second kappa shape index (κ2) is 5.74. The predicted octanol–water partition coefficient (Wildman–Crippen LogP) is 2.29. The molecule has 3 rings (SSSR count). The van der Waals surface area contributed by atoms with Gasteiger partial charge in [-0.05, 0) is 61.8 Å². The van der Waals surface area contributed by atoms with Crippen molar-refractivity contribution in [1.29, 1.82) is 0 Å². The first-order chi connectivity index (χ1) is 9.33. The van der Waals surface area contributed by atoms with Crippen molar-refractivity contribution in [3.05, 3.63) is 35.4 Å². The van der Waals surface area contributed by atoms with Gasteiger partial charge in [0.2, 0.25) is 0 Å². The van der Waals surface area contributed by atoms with Gasteiger partial charge >= 0.3 is 0 Å². The van der Waals surface area contributed by atoms with E-state index in [1.807, 2.05) is 12.1 Å². The first kappa shape index (κ1) is 12.7. The van der Waals surface area contributed by atoms with Crippen molar-refractivity contribution in [2.24, 2.45) is 5.92 Å². The molecule has 102 valence electrons. The summed E-state index contributed by atoms with van der Waals surface area (Å²) in [7, 11) is 0. The maximum absolute atomic E-state index is 11.9. The molecule has 1 saturated heterocycles. The molecule has 1 amide bonds. The molecule has 1 unspecified atom stereocenters. The van der Waals surface area contributed by atoms with Gasteiger partial charge in [-0.25, -0.2) is 0 Å². The smallest absolute Gasteiger partial charge is 0.251 e. The number of nitrogens with one attached hydrogen (secondary N) is 2. The van der Waals surface area contributed by atoms with Gasteiger partial charge in [0.25, 0.3) is 5.91 Å². The third kappa shape index (κ3) is 3.35. The lowest BCUT2D eigenvalue weighted by Crippen LogP contribution is -2.28. The molecule has 0 radical (unpaired) electrons. The normalized spacial score (nSPS) is 23.1. The highest BCUT2D eigenvalue weighted by Gasteiger charge is 2.22. The molecule has 0 bridgehead atoms. The number of rotatable bonds is 4. The zero-order chi connectivity index (χ0) is 13.1. The summed E-state index contributed by atoms with van der Waals surface area (Å²) in [6.07, 6.45) is 5.04. The van der Waals surface area contributed by atoms with Crippen LogP contribution in [0.25, 0.3) is 0 Å². The molecule has 1 aliphatic heterocycles. The first-order valence-corrected chi connectivity index (χ1v) is 7.42. The molecule has 0 spiro atoms. The second-order valence-electron chi connectivity index (χ2n) is 5.82. The van der Waals surface area contributed by atoms with E-state index in [0.29, 0.717) is 5.92 Å². The standard InChI is InChI=1S/C16H22N2O/c19-16(18-10-12-3-4-12)14-7-5-13(6-8-14)15-2-1-9-17-11-15/h5-8,12,15,17H,1-4,9-11H2,(H,18,19). The van der Waals surface area contributed by atoms with Crippen molar-refractivity contribution >= 4 is 5.91 Å². The lowest BCUT2D eigenvalue weighted by Gasteiger charge is -2.23. The molecule has 1 aliphatic carbocycles. The van der Waals surface area contributed by atoms with Gasteiger partial charge in [0.05, 0.1) is 0 Å².